The monoisotopic (exact) mass is 364 g/mol. The Kier molecular flexibility index (Phi) is 4.27. The molecule has 1 aliphatic heterocycles. The molecule has 1 fully saturated rings. The number of hydrogen-bond donors (Lipinski definition) is 0. The van der Waals surface area contributed by atoms with E-state index >= 15 is 0 Å². The highest BCUT2D eigenvalue weighted by atomic mass is 79.9. The number of carbonyl (C=O) groups excluding carboxylic acids is 1. The zero-order chi connectivity index (χ0) is 14.8. The first-order chi connectivity index (χ1) is 10.1. The van der Waals surface area contributed by atoms with Crippen molar-refractivity contribution in [1.29, 1.82) is 0 Å². The SMILES string of the molecule is O=C(c1cc(Cl)cc(Br)c1)N1CCCC1c1cccnc1. The van der Waals surface area contributed by atoms with Crippen LogP contribution in [0.25, 0.3) is 0 Å². The summed E-state index contributed by atoms with van der Waals surface area (Å²) in [5.74, 6) is 0.0181. The van der Waals surface area contributed by atoms with Crippen molar-refractivity contribution in [2.75, 3.05) is 6.54 Å². The molecular weight excluding hydrogens is 352 g/mol. The number of rotatable bonds is 2. The van der Waals surface area contributed by atoms with Crippen molar-refractivity contribution in [3.05, 3.63) is 63.3 Å². The molecule has 0 radical (unpaired) electrons. The zero-order valence-electron chi connectivity index (χ0n) is 11.3. The lowest BCUT2D eigenvalue weighted by Crippen LogP contribution is -2.30. The second-order valence-corrected chi connectivity index (χ2v) is 6.45. The molecule has 108 valence electrons. The summed E-state index contributed by atoms with van der Waals surface area (Å²) < 4.78 is 0.815. The highest BCUT2D eigenvalue weighted by Gasteiger charge is 2.30. The number of likely N-dealkylation sites (tertiary alicyclic amines) is 1. The summed E-state index contributed by atoms with van der Waals surface area (Å²) in [5.41, 5.74) is 1.70. The van der Waals surface area contributed by atoms with Gasteiger partial charge in [-0.05, 0) is 42.7 Å². The fraction of sp³-hybridized carbons (Fsp3) is 0.250. The summed E-state index contributed by atoms with van der Waals surface area (Å²) in [7, 11) is 0. The average molecular weight is 366 g/mol. The Morgan fingerprint density at radius 3 is 2.95 bits per heavy atom. The van der Waals surface area contributed by atoms with E-state index in [2.05, 4.69) is 20.9 Å². The van der Waals surface area contributed by atoms with Gasteiger partial charge in [0, 0.05) is 34.0 Å². The smallest absolute Gasteiger partial charge is 0.254 e. The van der Waals surface area contributed by atoms with Gasteiger partial charge in [0.15, 0.2) is 0 Å². The third-order valence-electron chi connectivity index (χ3n) is 3.69. The number of carbonyl (C=O) groups is 1. The molecule has 1 aromatic heterocycles. The Balaban J connectivity index is 1.90. The molecule has 0 spiro atoms. The van der Waals surface area contributed by atoms with Crippen molar-refractivity contribution < 1.29 is 4.79 Å². The molecule has 1 saturated heterocycles. The molecule has 0 saturated carbocycles. The highest BCUT2D eigenvalue weighted by Crippen LogP contribution is 2.33. The van der Waals surface area contributed by atoms with E-state index in [9.17, 15) is 4.79 Å². The number of nitrogens with zero attached hydrogens (tertiary/aromatic N) is 2. The second-order valence-electron chi connectivity index (χ2n) is 5.10. The van der Waals surface area contributed by atoms with Crippen LogP contribution in [0.2, 0.25) is 5.02 Å². The molecule has 21 heavy (non-hydrogen) atoms. The van der Waals surface area contributed by atoms with Crippen molar-refractivity contribution >= 4 is 33.4 Å². The number of amides is 1. The van der Waals surface area contributed by atoms with E-state index in [1.165, 1.54) is 0 Å². The van der Waals surface area contributed by atoms with E-state index < -0.39 is 0 Å². The van der Waals surface area contributed by atoms with Crippen LogP contribution < -0.4 is 0 Å². The fourth-order valence-corrected chi connectivity index (χ4v) is 3.63. The van der Waals surface area contributed by atoms with Crippen LogP contribution in [0.1, 0.15) is 34.8 Å². The lowest BCUT2D eigenvalue weighted by Gasteiger charge is -2.25. The topological polar surface area (TPSA) is 33.2 Å². The summed E-state index contributed by atoms with van der Waals surface area (Å²) in [6.45, 7) is 0.766. The quantitative estimate of drug-likeness (QED) is 0.786. The van der Waals surface area contributed by atoms with Gasteiger partial charge in [-0.3, -0.25) is 9.78 Å². The summed E-state index contributed by atoms with van der Waals surface area (Å²) in [4.78, 5) is 18.8. The second kappa shape index (κ2) is 6.16. The van der Waals surface area contributed by atoms with Crippen molar-refractivity contribution in [3.8, 4) is 0 Å². The van der Waals surface area contributed by atoms with Crippen molar-refractivity contribution in [2.24, 2.45) is 0 Å². The molecule has 0 bridgehead atoms. The molecule has 0 aliphatic carbocycles. The Labute approximate surface area is 137 Å². The first-order valence-corrected chi connectivity index (χ1v) is 7.99. The first-order valence-electron chi connectivity index (χ1n) is 6.82. The van der Waals surface area contributed by atoms with Crippen LogP contribution >= 0.6 is 27.5 Å². The number of aromatic nitrogens is 1. The number of hydrogen-bond acceptors (Lipinski definition) is 2. The number of halogens is 2. The minimum absolute atomic E-state index is 0.0181. The first kappa shape index (κ1) is 14.5. The Morgan fingerprint density at radius 1 is 1.38 bits per heavy atom. The molecule has 5 heteroatoms. The third kappa shape index (κ3) is 3.11. The van der Waals surface area contributed by atoms with Gasteiger partial charge in [-0.1, -0.05) is 33.6 Å². The maximum absolute atomic E-state index is 12.8. The van der Waals surface area contributed by atoms with Gasteiger partial charge in [-0.25, -0.2) is 0 Å². The van der Waals surface area contributed by atoms with Gasteiger partial charge in [0.1, 0.15) is 0 Å². The van der Waals surface area contributed by atoms with Crippen LogP contribution in [0.5, 0.6) is 0 Å². The predicted molar refractivity (Wildman–Crippen MR) is 86.4 cm³/mol. The molecule has 3 rings (SSSR count). The average Bonchev–Trinajstić information content (AvgIpc) is 2.95. The summed E-state index contributed by atoms with van der Waals surface area (Å²) in [5, 5.41) is 0.560. The highest BCUT2D eigenvalue weighted by molar-refractivity contribution is 9.10. The lowest BCUT2D eigenvalue weighted by molar-refractivity contribution is 0.0735. The van der Waals surface area contributed by atoms with Gasteiger partial charge in [-0.15, -0.1) is 0 Å². The Bertz CT molecular complexity index is 642. The van der Waals surface area contributed by atoms with Gasteiger partial charge in [0.25, 0.3) is 5.91 Å². The van der Waals surface area contributed by atoms with Crippen LogP contribution in [0.3, 0.4) is 0 Å². The number of pyridine rings is 1. The van der Waals surface area contributed by atoms with Crippen LogP contribution in [0.15, 0.2) is 47.2 Å². The van der Waals surface area contributed by atoms with Gasteiger partial charge in [-0.2, -0.15) is 0 Å². The zero-order valence-corrected chi connectivity index (χ0v) is 13.6. The minimum Gasteiger partial charge on any atom is -0.332 e. The molecule has 1 amide bonds. The Morgan fingerprint density at radius 2 is 2.24 bits per heavy atom. The van der Waals surface area contributed by atoms with Crippen LogP contribution in [0, 0.1) is 0 Å². The van der Waals surface area contributed by atoms with Crippen LogP contribution in [-0.2, 0) is 0 Å². The van der Waals surface area contributed by atoms with Crippen molar-refractivity contribution in [1.82, 2.24) is 9.88 Å². The van der Waals surface area contributed by atoms with E-state index in [0.717, 1.165) is 29.4 Å². The molecule has 0 N–H and O–H groups in total. The van der Waals surface area contributed by atoms with Gasteiger partial charge >= 0.3 is 0 Å². The Hall–Kier alpha value is -1.39. The van der Waals surface area contributed by atoms with Gasteiger partial charge in [0.2, 0.25) is 0 Å². The normalized spacial score (nSPS) is 18.0. The predicted octanol–water partition coefficient (Wildman–Crippen LogP) is 4.47. The summed E-state index contributed by atoms with van der Waals surface area (Å²) in [6, 6.07) is 9.34. The molecular formula is C16H14BrClN2O. The molecule has 2 aromatic rings. The standard InChI is InChI=1S/C16H14BrClN2O/c17-13-7-12(8-14(18)9-13)16(21)20-6-2-4-15(20)11-3-1-5-19-10-11/h1,3,5,7-10,15H,2,4,6H2. The maximum atomic E-state index is 12.8. The largest absolute Gasteiger partial charge is 0.332 e. The molecule has 1 unspecified atom stereocenters. The molecule has 1 aliphatic rings. The van der Waals surface area contributed by atoms with E-state index in [-0.39, 0.29) is 11.9 Å². The number of benzene rings is 1. The van der Waals surface area contributed by atoms with Crippen LogP contribution in [0.4, 0.5) is 0 Å². The van der Waals surface area contributed by atoms with Gasteiger partial charge < -0.3 is 4.90 Å². The minimum atomic E-state index is 0.0181. The lowest BCUT2D eigenvalue weighted by atomic mass is 10.1. The van der Waals surface area contributed by atoms with Crippen molar-refractivity contribution in [2.45, 2.75) is 18.9 Å². The molecule has 3 nitrogen and oxygen atoms in total. The van der Waals surface area contributed by atoms with Crippen LogP contribution in [-0.4, -0.2) is 22.3 Å². The molecule has 1 atom stereocenters. The van der Waals surface area contributed by atoms with E-state index in [1.807, 2.05) is 29.3 Å². The van der Waals surface area contributed by atoms with Gasteiger partial charge in [0.05, 0.1) is 6.04 Å². The fourth-order valence-electron chi connectivity index (χ4n) is 2.77. The van der Waals surface area contributed by atoms with E-state index in [1.54, 1.807) is 18.3 Å². The van der Waals surface area contributed by atoms with Crippen molar-refractivity contribution in [3.63, 3.8) is 0 Å². The third-order valence-corrected chi connectivity index (χ3v) is 4.37. The molecule has 2 heterocycles. The maximum Gasteiger partial charge on any atom is 0.254 e. The molecule has 1 aromatic carbocycles. The summed E-state index contributed by atoms with van der Waals surface area (Å²) >= 11 is 9.43. The van der Waals surface area contributed by atoms with E-state index in [0.29, 0.717) is 10.6 Å². The van der Waals surface area contributed by atoms with E-state index in [4.69, 9.17) is 11.6 Å². The summed E-state index contributed by atoms with van der Waals surface area (Å²) in [6.07, 6.45) is 5.56.